The van der Waals surface area contributed by atoms with E-state index in [4.69, 9.17) is 14.2 Å². The van der Waals surface area contributed by atoms with Gasteiger partial charge in [-0.25, -0.2) is 14.8 Å². The van der Waals surface area contributed by atoms with Gasteiger partial charge in [0.05, 0.1) is 25.5 Å². The Balaban J connectivity index is 2.60. The Labute approximate surface area is 157 Å². The van der Waals surface area contributed by atoms with Crippen molar-refractivity contribution < 1.29 is 19.0 Å². The fraction of sp³-hybridized carbons (Fsp3) is 0.444. The van der Waals surface area contributed by atoms with Gasteiger partial charge >= 0.3 is 5.97 Å². The summed E-state index contributed by atoms with van der Waals surface area (Å²) in [5.41, 5.74) is 0.602. The molecule has 0 N–H and O–H groups in total. The van der Waals surface area contributed by atoms with E-state index in [9.17, 15) is 4.79 Å². The summed E-state index contributed by atoms with van der Waals surface area (Å²) in [6.45, 7) is 7.43. The smallest absolute Gasteiger partial charge is 0.342 e. The molecule has 0 amide bonds. The summed E-state index contributed by atoms with van der Waals surface area (Å²) in [6, 6.07) is 3.44. The number of hydrogen-bond donors (Lipinski definition) is 0. The molecule has 2 aromatic heterocycles. The zero-order valence-corrected chi connectivity index (χ0v) is 16.6. The lowest BCUT2D eigenvalue weighted by Gasteiger charge is -2.20. The Morgan fingerprint density at radius 2 is 1.88 bits per heavy atom. The van der Waals surface area contributed by atoms with Gasteiger partial charge in [0.1, 0.15) is 11.2 Å². The van der Waals surface area contributed by atoms with Crippen LogP contribution < -0.4 is 9.47 Å². The lowest BCUT2D eigenvalue weighted by atomic mass is 10.1. The number of rotatable bonds is 6. The van der Waals surface area contributed by atoms with Crippen LogP contribution >= 0.6 is 11.8 Å². The third-order valence-corrected chi connectivity index (χ3v) is 3.89. The topological polar surface area (TPSA) is 83.4 Å². The molecule has 140 valence electrons. The van der Waals surface area contributed by atoms with Gasteiger partial charge in [-0.05, 0) is 32.6 Å². The molecule has 0 fully saturated rings. The number of carbonyl (C=O) groups is 1. The number of nitrogens with zero attached hydrogens (tertiary/aromatic N) is 3. The fourth-order valence-corrected chi connectivity index (χ4v) is 2.67. The molecule has 0 bridgehead atoms. The molecule has 0 aliphatic rings. The summed E-state index contributed by atoms with van der Waals surface area (Å²) in [7, 11) is 3.02. The van der Waals surface area contributed by atoms with E-state index in [-0.39, 0.29) is 5.56 Å². The van der Waals surface area contributed by atoms with E-state index < -0.39 is 11.6 Å². The van der Waals surface area contributed by atoms with Crippen molar-refractivity contribution in [1.82, 2.24) is 15.0 Å². The van der Waals surface area contributed by atoms with Gasteiger partial charge in [-0.3, -0.25) is 0 Å². The molecule has 0 radical (unpaired) electrons. The van der Waals surface area contributed by atoms with Gasteiger partial charge in [0.2, 0.25) is 11.8 Å². The van der Waals surface area contributed by atoms with Crippen molar-refractivity contribution in [2.45, 2.75) is 38.5 Å². The molecule has 0 aromatic carbocycles. The van der Waals surface area contributed by atoms with Gasteiger partial charge in [0, 0.05) is 12.3 Å². The van der Waals surface area contributed by atoms with Crippen molar-refractivity contribution in [2.24, 2.45) is 0 Å². The Bertz CT molecular complexity index is 790. The average molecular weight is 377 g/mol. The molecular formula is C18H23N3O4S. The first kappa shape index (κ1) is 20.0. The number of methoxy groups -OCH3 is 2. The van der Waals surface area contributed by atoms with Gasteiger partial charge in [0.15, 0.2) is 5.16 Å². The van der Waals surface area contributed by atoms with Crippen molar-refractivity contribution in [2.75, 3.05) is 20.0 Å². The Hall–Kier alpha value is -2.35. The molecule has 2 heterocycles. The van der Waals surface area contributed by atoms with Crippen molar-refractivity contribution in [1.29, 1.82) is 0 Å². The number of aromatic nitrogens is 3. The third-order valence-electron chi connectivity index (χ3n) is 3.15. The minimum atomic E-state index is -0.632. The first-order valence-corrected chi connectivity index (χ1v) is 9.10. The highest BCUT2D eigenvalue weighted by molar-refractivity contribution is 7.99. The molecule has 26 heavy (non-hydrogen) atoms. The number of pyridine rings is 1. The van der Waals surface area contributed by atoms with Gasteiger partial charge in [-0.15, -0.1) is 0 Å². The first-order valence-electron chi connectivity index (χ1n) is 8.11. The summed E-state index contributed by atoms with van der Waals surface area (Å²) in [5.74, 6) is 1.02. The maximum Gasteiger partial charge on any atom is 0.342 e. The minimum absolute atomic E-state index is 0.255. The SMILES string of the molecule is CCSc1ncc(C(=O)OC(C)(C)C)c(-c2ccc(OC)nc2OC)n1. The van der Waals surface area contributed by atoms with Crippen LogP contribution in [0.25, 0.3) is 11.3 Å². The average Bonchev–Trinajstić information content (AvgIpc) is 2.59. The van der Waals surface area contributed by atoms with Crippen LogP contribution in [0.15, 0.2) is 23.5 Å². The summed E-state index contributed by atoms with van der Waals surface area (Å²) in [5, 5.41) is 0.563. The van der Waals surface area contributed by atoms with E-state index in [2.05, 4.69) is 15.0 Å². The van der Waals surface area contributed by atoms with E-state index in [1.165, 1.54) is 32.2 Å². The van der Waals surface area contributed by atoms with E-state index in [0.29, 0.717) is 28.2 Å². The Morgan fingerprint density at radius 1 is 1.15 bits per heavy atom. The van der Waals surface area contributed by atoms with Crippen LogP contribution in [-0.2, 0) is 4.74 Å². The molecule has 0 aliphatic heterocycles. The predicted octanol–water partition coefficient (Wildman–Crippen LogP) is 3.62. The largest absolute Gasteiger partial charge is 0.481 e. The van der Waals surface area contributed by atoms with Gasteiger partial charge in [-0.1, -0.05) is 18.7 Å². The highest BCUT2D eigenvalue weighted by Crippen LogP contribution is 2.33. The van der Waals surface area contributed by atoms with E-state index in [0.717, 1.165) is 5.75 Å². The van der Waals surface area contributed by atoms with Crippen LogP contribution in [0.2, 0.25) is 0 Å². The van der Waals surface area contributed by atoms with Gasteiger partial charge in [-0.2, -0.15) is 4.98 Å². The molecule has 0 atom stereocenters. The van der Waals surface area contributed by atoms with Crippen molar-refractivity contribution in [3.8, 4) is 23.0 Å². The maximum absolute atomic E-state index is 12.7. The second kappa shape index (κ2) is 8.35. The molecule has 0 unspecified atom stereocenters. The van der Waals surface area contributed by atoms with Gasteiger partial charge in [0.25, 0.3) is 0 Å². The number of thioether (sulfide) groups is 1. The molecule has 0 spiro atoms. The standard InChI is InChI=1S/C18H23N3O4S/c1-7-26-17-19-10-12(16(22)25-18(2,3)4)14(21-17)11-8-9-13(23-5)20-15(11)24-6/h8-10H,7H2,1-6H3. The monoisotopic (exact) mass is 377 g/mol. The maximum atomic E-state index is 12.7. The van der Waals surface area contributed by atoms with Crippen LogP contribution in [0.1, 0.15) is 38.1 Å². The van der Waals surface area contributed by atoms with E-state index in [1.807, 2.05) is 27.7 Å². The zero-order chi connectivity index (χ0) is 19.3. The van der Waals surface area contributed by atoms with Crippen LogP contribution in [0, 0.1) is 0 Å². The first-order chi connectivity index (χ1) is 12.3. The van der Waals surface area contributed by atoms with Crippen molar-refractivity contribution in [3.63, 3.8) is 0 Å². The minimum Gasteiger partial charge on any atom is -0.481 e. The summed E-state index contributed by atoms with van der Waals surface area (Å²) < 4.78 is 16.0. The third kappa shape index (κ3) is 4.85. The Kier molecular flexibility index (Phi) is 6.42. The molecule has 8 heteroatoms. The van der Waals surface area contributed by atoms with Crippen LogP contribution in [0.3, 0.4) is 0 Å². The number of ether oxygens (including phenoxy) is 3. The zero-order valence-electron chi connectivity index (χ0n) is 15.8. The number of carbonyl (C=O) groups excluding carboxylic acids is 1. The van der Waals surface area contributed by atoms with E-state index in [1.54, 1.807) is 12.1 Å². The second-order valence-corrected chi connectivity index (χ2v) is 7.49. The fourth-order valence-electron chi connectivity index (χ4n) is 2.13. The van der Waals surface area contributed by atoms with Gasteiger partial charge < -0.3 is 14.2 Å². The Morgan fingerprint density at radius 3 is 2.46 bits per heavy atom. The molecule has 0 saturated heterocycles. The van der Waals surface area contributed by atoms with Crippen molar-refractivity contribution in [3.05, 3.63) is 23.9 Å². The van der Waals surface area contributed by atoms with Crippen LogP contribution in [0.4, 0.5) is 0 Å². The molecule has 2 aromatic rings. The van der Waals surface area contributed by atoms with E-state index >= 15 is 0 Å². The molecule has 2 rings (SSSR count). The molecule has 0 saturated carbocycles. The lowest BCUT2D eigenvalue weighted by molar-refractivity contribution is 0.00694. The summed E-state index contributed by atoms with van der Waals surface area (Å²) >= 11 is 1.48. The quantitative estimate of drug-likeness (QED) is 0.429. The highest BCUT2D eigenvalue weighted by atomic mass is 32.2. The molecule has 7 nitrogen and oxygen atoms in total. The van der Waals surface area contributed by atoms with Crippen LogP contribution in [-0.4, -0.2) is 46.5 Å². The highest BCUT2D eigenvalue weighted by Gasteiger charge is 2.25. The molecule has 0 aliphatic carbocycles. The number of esters is 1. The van der Waals surface area contributed by atoms with Crippen LogP contribution in [0.5, 0.6) is 11.8 Å². The normalized spacial score (nSPS) is 11.2. The predicted molar refractivity (Wildman–Crippen MR) is 99.9 cm³/mol. The lowest BCUT2D eigenvalue weighted by Crippen LogP contribution is -2.24. The summed E-state index contributed by atoms with van der Waals surface area (Å²) in [6.07, 6.45) is 1.48. The van der Waals surface area contributed by atoms with Crippen molar-refractivity contribution >= 4 is 17.7 Å². The second-order valence-electron chi connectivity index (χ2n) is 6.26. The molecular weight excluding hydrogens is 354 g/mol. The number of hydrogen-bond acceptors (Lipinski definition) is 8. The summed E-state index contributed by atoms with van der Waals surface area (Å²) in [4.78, 5) is 25.7.